The SMILES string of the molecule is O=S(=O)(c1cccc(Br)c1)N1CCCC1CCl. The molecule has 0 aliphatic carbocycles. The van der Waals surface area contributed by atoms with Crippen LogP contribution in [0.3, 0.4) is 0 Å². The lowest BCUT2D eigenvalue weighted by Gasteiger charge is -2.22. The van der Waals surface area contributed by atoms with Gasteiger partial charge in [0.15, 0.2) is 0 Å². The Bertz CT molecular complexity index is 506. The quantitative estimate of drug-likeness (QED) is 0.795. The molecule has 0 radical (unpaired) electrons. The van der Waals surface area contributed by atoms with E-state index in [1.165, 1.54) is 4.31 Å². The van der Waals surface area contributed by atoms with Crippen molar-refractivity contribution in [3.8, 4) is 0 Å². The van der Waals surface area contributed by atoms with E-state index < -0.39 is 10.0 Å². The molecule has 1 atom stereocenters. The fraction of sp³-hybridized carbons (Fsp3) is 0.455. The smallest absolute Gasteiger partial charge is 0.207 e. The Morgan fingerprint density at radius 1 is 1.47 bits per heavy atom. The van der Waals surface area contributed by atoms with Crippen LogP contribution in [0.15, 0.2) is 33.6 Å². The lowest BCUT2D eigenvalue weighted by molar-refractivity contribution is 0.411. The minimum Gasteiger partial charge on any atom is -0.207 e. The fourth-order valence-corrected chi connectivity index (χ4v) is 4.74. The van der Waals surface area contributed by atoms with E-state index >= 15 is 0 Å². The summed E-state index contributed by atoms with van der Waals surface area (Å²) in [5.74, 6) is 0.354. The van der Waals surface area contributed by atoms with Crippen molar-refractivity contribution >= 4 is 37.6 Å². The molecule has 1 heterocycles. The zero-order valence-corrected chi connectivity index (χ0v) is 12.3. The lowest BCUT2D eigenvalue weighted by atomic mass is 10.3. The molecule has 0 bridgehead atoms. The summed E-state index contributed by atoms with van der Waals surface area (Å²) in [6.45, 7) is 0.562. The number of sulfonamides is 1. The Labute approximate surface area is 115 Å². The Morgan fingerprint density at radius 3 is 2.88 bits per heavy atom. The average Bonchev–Trinajstić information content (AvgIpc) is 2.77. The van der Waals surface area contributed by atoms with Gasteiger partial charge in [0, 0.05) is 22.9 Å². The van der Waals surface area contributed by atoms with E-state index in [2.05, 4.69) is 15.9 Å². The number of rotatable bonds is 3. The van der Waals surface area contributed by atoms with E-state index in [1.54, 1.807) is 18.2 Å². The third-order valence-electron chi connectivity index (χ3n) is 2.90. The van der Waals surface area contributed by atoms with Gasteiger partial charge in [0.05, 0.1) is 4.90 Å². The van der Waals surface area contributed by atoms with Gasteiger partial charge < -0.3 is 0 Å². The van der Waals surface area contributed by atoms with Crippen LogP contribution in [0.4, 0.5) is 0 Å². The zero-order valence-electron chi connectivity index (χ0n) is 9.14. The first-order valence-corrected chi connectivity index (χ1v) is 8.16. The van der Waals surface area contributed by atoms with Gasteiger partial charge in [0.25, 0.3) is 0 Å². The molecular formula is C11H13BrClNO2S. The Balaban J connectivity index is 2.36. The molecule has 17 heavy (non-hydrogen) atoms. The van der Waals surface area contributed by atoms with E-state index in [1.807, 2.05) is 6.07 Å². The van der Waals surface area contributed by atoms with Crippen molar-refractivity contribution in [2.75, 3.05) is 12.4 Å². The molecule has 1 aliphatic rings. The molecule has 3 nitrogen and oxygen atoms in total. The number of hydrogen-bond acceptors (Lipinski definition) is 2. The van der Waals surface area contributed by atoms with Gasteiger partial charge in [-0.05, 0) is 31.0 Å². The summed E-state index contributed by atoms with van der Waals surface area (Å²) in [6, 6.07) is 6.70. The van der Waals surface area contributed by atoms with Crippen LogP contribution in [0.5, 0.6) is 0 Å². The van der Waals surface area contributed by atoms with Crippen LogP contribution >= 0.6 is 27.5 Å². The highest BCUT2D eigenvalue weighted by molar-refractivity contribution is 9.10. The molecular weight excluding hydrogens is 326 g/mol. The minimum absolute atomic E-state index is 0.0688. The molecule has 1 aromatic rings. The largest absolute Gasteiger partial charge is 0.243 e. The highest BCUT2D eigenvalue weighted by Crippen LogP contribution is 2.27. The predicted octanol–water partition coefficient (Wildman–Crippen LogP) is 2.84. The summed E-state index contributed by atoms with van der Waals surface area (Å²) in [7, 11) is -3.40. The van der Waals surface area contributed by atoms with Gasteiger partial charge in [-0.2, -0.15) is 4.31 Å². The van der Waals surface area contributed by atoms with E-state index in [-0.39, 0.29) is 6.04 Å². The maximum absolute atomic E-state index is 12.4. The highest BCUT2D eigenvalue weighted by atomic mass is 79.9. The van der Waals surface area contributed by atoms with Crippen molar-refractivity contribution in [3.05, 3.63) is 28.7 Å². The molecule has 1 unspecified atom stereocenters. The maximum atomic E-state index is 12.4. The third-order valence-corrected chi connectivity index (χ3v) is 5.70. The highest BCUT2D eigenvalue weighted by Gasteiger charge is 2.34. The van der Waals surface area contributed by atoms with Gasteiger partial charge in [0.2, 0.25) is 10.0 Å². The summed E-state index contributed by atoms with van der Waals surface area (Å²) < 4.78 is 27.1. The van der Waals surface area contributed by atoms with Crippen LogP contribution in [-0.2, 0) is 10.0 Å². The Hall–Kier alpha value is -0.100. The van der Waals surface area contributed by atoms with E-state index in [9.17, 15) is 8.42 Å². The lowest BCUT2D eigenvalue weighted by Crippen LogP contribution is -2.36. The first kappa shape index (κ1) is 13.3. The van der Waals surface area contributed by atoms with E-state index in [0.717, 1.165) is 17.3 Å². The Morgan fingerprint density at radius 2 is 2.24 bits per heavy atom. The fourth-order valence-electron chi connectivity index (χ4n) is 2.04. The molecule has 1 aliphatic heterocycles. The van der Waals surface area contributed by atoms with Crippen molar-refractivity contribution in [2.45, 2.75) is 23.8 Å². The minimum atomic E-state index is -3.40. The Kier molecular flexibility index (Phi) is 4.13. The second kappa shape index (κ2) is 5.26. The van der Waals surface area contributed by atoms with Crippen LogP contribution in [0.25, 0.3) is 0 Å². The topological polar surface area (TPSA) is 37.4 Å². The van der Waals surface area contributed by atoms with E-state index in [4.69, 9.17) is 11.6 Å². The standard InChI is InChI=1S/C11H13BrClNO2S/c12-9-3-1-5-11(7-9)17(15,16)14-6-2-4-10(14)8-13/h1,3,5,7,10H,2,4,6,8H2. The molecule has 94 valence electrons. The second-order valence-corrected chi connectivity index (χ2v) is 7.14. The molecule has 0 saturated carbocycles. The normalized spacial score (nSPS) is 21.9. The molecule has 0 aromatic heterocycles. The third kappa shape index (κ3) is 2.67. The van der Waals surface area contributed by atoms with Crippen LogP contribution in [0.1, 0.15) is 12.8 Å². The first-order valence-electron chi connectivity index (χ1n) is 5.39. The van der Waals surface area contributed by atoms with Gasteiger partial charge in [-0.3, -0.25) is 0 Å². The van der Waals surface area contributed by atoms with Gasteiger partial charge in [-0.25, -0.2) is 8.42 Å². The molecule has 0 amide bonds. The number of benzene rings is 1. The number of alkyl halides is 1. The predicted molar refractivity (Wildman–Crippen MR) is 71.8 cm³/mol. The van der Waals surface area contributed by atoms with Crippen molar-refractivity contribution in [1.29, 1.82) is 0 Å². The molecule has 1 saturated heterocycles. The maximum Gasteiger partial charge on any atom is 0.243 e. The van der Waals surface area contributed by atoms with Gasteiger partial charge in [-0.15, -0.1) is 11.6 Å². The summed E-state index contributed by atoms with van der Waals surface area (Å²) in [5, 5.41) is 0. The molecule has 2 rings (SSSR count). The zero-order chi connectivity index (χ0) is 12.5. The van der Waals surface area contributed by atoms with Gasteiger partial charge >= 0.3 is 0 Å². The monoisotopic (exact) mass is 337 g/mol. The van der Waals surface area contributed by atoms with Crippen molar-refractivity contribution in [1.82, 2.24) is 4.31 Å². The van der Waals surface area contributed by atoms with Crippen molar-refractivity contribution < 1.29 is 8.42 Å². The molecule has 6 heteroatoms. The molecule has 1 aromatic carbocycles. The van der Waals surface area contributed by atoms with Crippen LogP contribution < -0.4 is 0 Å². The van der Waals surface area contributed by atoms with Crippen LogP contribution in [0.2, 0.25) is 0 Å². The second-order valence-electron chi connectivity index (χ2n) is 4.02. The average molecular weight is 339 g/mol. The number of halogens is 2. The molecule has 0 N–H and O–H groups in total. The summed E-state index contributed by atoms with van der Waals surface area (Å²) in [6.07, 6.45) is 1.72. The molecule has 0 spiro atoms. The van der Waals surface area contributed by atoms with Gasteiger partial charge in [0.1, 0.15) is 0 Å². The number of hydrogen-bond donors (Lipinski definition) is 0. The summed E-state index contributed by atoms with van der Waals surface area (Å²) >= 11 is 9.10. The number of nitrogens with zero attached hydrogens (tertiary/aromatic N) is 1. The van der Waals surface area contributed by atoms with E-state index in [0.29, 0.717) is 17.3 Å². The van der Waals surface area contributed by atoms with Gasteiger partial charge in [-0.1, -0.05) is 22.0 Å². The summed E-state index contributed by atoms with van der Waals surface area (Å²) in [4.78, 5) is 0.323. The van der Waals surface area contributed by atoms with Crippen LogP contribution in [-0.4, -0.2) is 31.2 Å². The van der Waals surface area contributed by atoms with Crippen molar-refractivity contribution in [3.63, 3.8) is 0 Å². The summed E-state index contributed by atoms with van der Waals surface area (Å²) in [5.41, 5.74) is 0. The first-order chi connectivity index (χ1) is 8.05. The van der Waals surface area contributed by atoms with Crippen LogP contribution in [0, 0.1) is 0 Å². The van der Waals surface area contributed by atoms with Crippen molar-refractivity contribution in [2.24, 2.45) is 0 Å². The molecule has 1 fully saturated rings.